The van der Waals surface area contributed by atoms with E-state index in [1.54, 1.807) is 91.0 Å². The second-order valence-corrected chi connectivity index (χ2v) is 14.8. The van der Waals surface area contributed by atoms with E-state index < -0.39 is 38.2 Å². The second kappa shape index (κ2) is 12.1. The third-order valence-electron chi connectivity index (χ3n) is 8.03. The predicted octanol–water partition coefficient (Wildman–Crippen LogP) is 5.91. The molecule has 0 bridgehead atoms. The standard InChI is InChI=1S/C34H32N4O6S2/c1-25-15-19-29(20-16-25)45(41,42)35-23-9-14-31(37(33(35)39)27-10-5-3-6-11-27)32-24-36(34(40)38(32)28-12-7-4-8-13-28)46(43,44)30-21-17-26(2)18-22-30/h3-8,10-22,32H,9,23-24H2,1-2H3. The number of hydrogen-bond acceptors (Lipinski definition) is 6. The van der Waals surface area contributed by atoms with E-state index in [2.05, 4.69) is 0 Å². The Balaban J connectivity index is 1.47. The van der Waals surface area contributed by atoms with Crippen molar-refractivity contribution in [2.45, 2.75) is 36.1 Å². The molecular weight excluding hydrogens is 625 g/mol. The first-order valence-electron chi connectivity index (χ1n) is 14.7. The summed E-state index contributed by atoms with van der Waals surface area (Å²) in [7, 11) is -8.56. The van der Waals surface area contributed by atoms with Gasteiger partial charge in [-0.2, -0.15) is 0 Å². The monoisotopic (exact) mass is 656 g/mol. The molecule has 4 aromatic carbocycles. The van der Waals surface area contributed by atoms with Crippen LogP contribution in [0.1, 0.15) is 17.5 Å². The zero-order valence-electron chi connectivity index (χ0n) is 25.2. The number of benzene rings is 4. The van der Waals surface area contributed by atoms with Crippen molar-refractivity contribution in [1.29, 1.82) is 0 Å². The summed E-state index contributed by atoms with van der Waals surface area (Å²) in [6.07, 6.45) is 1.85. The van der Waals surface area contributed by atoms with E-state index in [1.807, 2.05) is 13.8 Å². The van der Waals surface area contributed by atoms with Crippen molar-refractivity contribution < 1.29 is 26.4 Å². The van der Waals surface area contributed by atoms with Gasteiger partial charge < -0.3 is 0 Å². The van der Waals surface area contributed by atoms with Crippen LogP contribution < -0.4 is 9.80 Å². The molecule has 0 saturated carbocycles. The van der Waals surface area contributed by atoms with Crippen molar-refractivity contribution in [1.82, 2.24) is 8.61 Å². The van der Waals surface area contributed by atoms with E-state index in [0.29, 0.717) is 11.4 Å². The summed E-state index contributed by atoms with van der Waals surface area (Å²) < 4.78 is 57.2. The zero-order valence-corrected chi connectivity index (χ0v) is 26.9. The van der Waals surface area contributed by atoms with Crippen LogP contribution in [0.25, 0.3) is 0 Å². The highest BCUT2D eigenvalue weighted by Gasteiger charge is 2.49. The third-order valence-corrected chi connectivity index (χ3v) is 11.6. The van der Waals surface area contributed by atoms with Crippen LogP contribution in [-0.2, 0) is 20.0 Å². The molecule has 6 rings (SSSR count). The maximum atomic E-state index is 14.5. The highest BCUT2D eigenvalue weighted by molar-refractivity contribution is 7.90. The minimum Gasteiger partial charge on any atom is -0.283 e. The molecule has 0 radical (unpaired) electrons. The number of aryl methyl sites for hydroxylation is 2. The zero-order chi connectivity index (χ0) is 32.6. The van der Waals surface area contributed by atoms with Crippen molar-refractivity contribution in [2.24, 2.45) is 0 Å². The topological polar surface area (TPSA) is 115 Å². The number of carbonyl (C=O) groups excluding carboxylic acids is 2. The highest BCUT2D eigenvalue weighted by atomic mass is 32.2. The largest absolute Gasteiger partial charge is 0.342 e. The first-order chi connectivity index (χ1) is 22.0. The minimum absolute atomic E-state index is 0.0276. The number of hydrogen-bond donors (Lipinski definition) is 0. The van der Waals surface area contributed by atoms with Crippen molar-refractivity contribution in [2.75, 3.05) is 22.9 Å². The fourth-order valence-electron chi connectivity index (χ4n) is 5.63. The Hall–Kier alpha value is -4.94. The summed E-state index contributed by atoms with van der Waals surface area (Å²) in [6, 6.07) is 27.0. The third kappa shape index (κ3) is 5.54. The van der Waals surface area contributed by atoms with Crippen LogP contribution in [-0.4, -0.2) is 56.6 Å². The molecule has 1 unspecified atom stereocenters. The molecule has 2 aliphatic heterocycles. The maximum Gasteiger partial charge on any atom is 0.342 e. The molecule has 12 heteroatoms. The number of nitrogens with zero attached hydrogens (tertiary/aromatic N) is 4. The smallest absolute Gasteiger partial charge is 0.283 e. The van der Waals surface area contributed by atoms with Crippen LogP contribution in [0, 0.1) is 13.8 Å². The van der Waals surface area contributed by atoms with Gasteiger partial charge in [-0.3, -0.25) is 9.80 Å². The Morgan fingerprint density at radius 2 is 1.07 bits per heavy atom. The van der Waals surface area contributed by atoms with Gasteiger partial charge in [0.15, 0.2) is 0 Å². The number of anilines is 2. The first kappa shape index (κ1) is 31.1. The van der Waals surface area contributed by atoms with Crippen LogP contribution in [0.2, 0.25) is 0 Å². The van der Waals surface area contributed by atoms with E-state index in [9.17, 15) is 26.4 Å². The number of para-hydroxylation sites is 2. The molecule has 4 amide bonds. The second-order valence-electron chi connectivity index (χ2n) is 11.1. The summed E-state index contributed by atoms with van der Waals surface area (Å²) >= 11 is 0. The van der Waals surface area contributed by atoms with E-state index in [-0.39, 0.29) is 35.0 Å². The SMILES string of the molecule is Cc1ccc(S(=O)(=O)N2CCC=C(C3CN(S(=O)(=O)c4ccc(C)cc4)C(=O)N3c3ccccc3)N(c3ccccc3)C2=O)cc1. The Bertz CT molecular complexity index is 2020. The quantitative estimate of drug-likeness (QED) is 0.244. The molecule has 2 aliphatic rings. The molecule has 0 aromatic heterocycles. The predicted molar refractivity (Wildman–Crippen MR) is 175 cm³/mol. The fraction of sp³-hybridized carbons (Fsp3) is 0.176. The molecule has 0 spiro atoms. The summed E-state index contributed by atoms with van der Waals surface area (Å²) in [4.78, 5) is 31.1. The van der Waals surface area contributed by atoms with Gasteiger partial charge in [-0.15, -0.1) is 0 Å². The van der Waals surface area contributed by atoms with Crippen molar-refractivity contribution in [3.05, 3.63) is 132 Å². The number of sulfonamides is 2. The first-order valence-corrected chi connectivity index (χ1v) is 17.5. The summed E-state index contributed by atoms with van der Waals surface area (Å²) in [5.74, 6) is 0. The van der Waals surface area contributed by atoms with E-state index in [4.69, 9.17) is 0 Å². The maximum absolute atomic E-state index is 14.5. The average molecular weight is 657 g/mol. The number of carbonyl (C=O) groups is 2. The van der Waals surface area contributed by atoms with E-state index >= 15 is 0 Å². The Labute approximate surface area is 268 Å². The number of amides is 4. The van der Waals surface area contributed by atoms with Gasteiger partial charge in [0, 0.05) is 17.9 Å². The van der Waals surface area contributed by atoms with Crippen LogP contribution in [0.5, 0.6) is 0 Å². The number of rotatable bonds is 7. The van der Waals surface area contributed by atoms with Crippen LogP contribution >= 0.6 is 0 Å². The molecule has 236 valence electrons. The van der Waals surface area contributed by atoms with Gasteiger partial charge in [-0.05, 0) is 68.8 Å². The molecule has 1 saturated heterocycles. The Morgan fingerprint density at radius 1 is 0.587 bits per heavy atom. The number of urea groups is 2. The lowest BCUT2D eigenvalue weighted by atomic mass is 10.1. The Kier molecular flexibility index (Phi) is 8.17. The lowest BCUT2D eigenvalue weighted by molar-refractivity contribution is 0.231. The Morgan fingerprint density at radius 3 is 1.59 bits per heavy atom. The fourth-order valence-corrected chi connectivity index (χ4v) is 8.37. The van der Waals surface area contributed by atoms with Gasteiger partial charge in [-0.25, -0.2) is 35.0 Å². The molecule has 10 nitrogen and oxygen atoms in total. The lowest BCUT2D eigenvalue weighted by Crippen LogP contribution is -2.49. The molecule has 0 N–H and O–H groups in total. The summed E-state index contributed by atoms with van der Waals surface area (Å²) in [5.41, 5.74) is 2.81. The average Bonchev–Trinajstić information content (AvgIpc) is 3.30. The molecule has 4 aromatic rings. The molecule has 1 atom stereocenters. The lowest BCUT2D eigenvalue weighted by Gasteiger charge is -2.34. The van der Waals surface area contributed by atoms with Gasteiger partial charge in [0.2, 0.25) is 0 Å². The van der Waals surface area contributed by atoms with Crippen molar-refractivity contribution in [3.8, 4) is 0 Å². The van der Waals surface area contributed by atoms with Crippen molar-refractivity contribution in [3.63, 3.8) is 0 Å². The van der Waals surface area contributed by atoms with E-state index in [1.165, 1.54) is 34.1 Å². The highest BCUT2D eigenvalue weighted by Crippen LogP contribution is 2.37. The normalized spacial score (nSPS) is 17.7. The van der Waals surface area contributed by atoms with Gasteiger partial charge in [0.25, 0.3) is 20.0 Å². The summed E-state index contributed by atoms with van der Waals surface area (Å²) in [5, 5.41) is 0. The summed E-state index contributed by atoms with van der Waals surface area (Å²) in [6.45, 7) is 3.21. The molecule has 46 heavy (non-hydrogen) atoms. The molecule has 2 heterocycles. The molecular formula is C34H32N4O6S2. The van der Waals surface area contributed by atoms with Crippen LogP contribution in [0.15, 0.2) is 131 Å². The van der Waals surface area contributed by atoms with Crippen molar-refractivity contribution >= 4 is 43.5 Å². The van der Waals surface area contributed by atoms with Gasteiger partial charge >= 0.3 is 12.1 Å². The van der Waals surface area contributed by atoms with Gasteiger partial charge in [-0.1, -0.05) is 77.9 Å². The van der Waals surface area contributed by atoms with E-state index in [0.717, 1.165) is 19.7 Å². The van der Waals surface area contributed by atoms with Crippen LogP contribution in [0.3, 0.4) is 0 Å². The molecule has 1 fully saturated rings. The molecule has 0 aliphatic carbocycles. The van der Waals surface area contributed by atoms with Crippen LogP contribution in [0.4, 0.5) is 21.0 Å². The minimum atomic E-state index is -4.29. The van der Waals surface area contributed by atoms with Gasteiger partial charge in [0.1, 0.15) is 0 Å². The van der Waals surface area contributed by atoms with Gasteiger partial charge in [0.05, 0.1) is 28.1 Å².